The van der Waals surface area contributed by atoms with E-state index in [1.165, 1.54) is 0 Å². The van der Waals surface area contributed by atoms with Gasteiger partial charge < -0.3 is 5.32 Å². The molecule has 0 heterocycles. The molecule has 1 aromatic carbocycles. The third kappa shape index (κ3) is 1.42. The molecule has 0 amide bonds. The van der Waals surface area contributed by atoms with Crippen molar-refractivity contribution >= 4 is 17.3 Å². The average Bonchev–Trinajstić information content (AvgIpc) is 1.94. The second kappa shape index (κ2) is 2.93. The van der Waals surface area contributed by atoms with E-state index in [0.29, 0.717) is 5.02 Å². The Hall–Kier alpha value is -0.690. The highest BCUT2D eigenvalue weighted by Crippen LogP contribution is 2.21. The van der Waals surface area contributed by atoms with Gasteiger partial charge in [0.25, 0.3) is 0 Å². The fraction of sp³-hybridized carbons (Fsp3) is 0.125. The number of aryl methyl sites for hydroxylation is 1. The lowest BCUT2D eigenvalue weighted by Crippen LogP contribution is -1.85. The summed E-state index contributed by atoms with van der Waals surface area (Å²) in [7, 11) is 5.19. The van der Waals surface area contributed by atoms with Gasteiger partial charge in [0.2, 0.25) is 0 Å². The number of hydrogen-bond donors (Lipinski definition) is 1. The molecule has 1 rings (SSSR count). The molecule has 2 radical (unpaired) electrons. The van der Waals surface area contributed by atoms with Crippen LogP contribution in [0.25, 0.3) is 0 Å². The summed E-state index contributed by atoms with van der Waals surface area (Å²) in [6.45, 7) is 1.98. The van der Waals surface area contributed by atoms with Gasteiger partial charge in [-0.2, -0.15) is 0 Å². The van der Waals surface area contributed by atoms with E-state index in [1.807, 2.05) is 25.1 Å². The topological polar surface area (TPSA) is 12.0 Å². The van der Waals surface area contributed by atoms with E-state index in [4.69, 9.17) is 18.6 Å². The minimum absolute atomic E-state index is 0.646. The maximum Gasteiger partial charge on any atom is 0.0705 e. The van der Waals surface area contributed by atoms with Crippen molar-refractivity contribution in [2.24, 2.45) is 0 Å². The monoisotopic (exact) mass is 153 g/mol. The number of benzene rings is 1. The fourth-order valence-electron chi connectivity index (χ4n) is 0.750. The van der Waals surface area contributed by atoms with Crippen molar-refractivity contribution in [2.75, 3.05) is 5.32 Å². The van der Waals surface area contributed by atoms with Crippen molar-refractivity contribution in [2.45, 2.75) is 6.92 Å². The van der Waals surface area contributed by atoms with Gasteiger partial charge in [0.15, 0.2) is 0 Å². The van der Waals surface area contributed by atoms with Gasteiger partial charge in [-0.15, -0.1) is 0 Å². The number of nitrogens with one attached hydrogen (secondary N) is 1. The summed E-state index contributed by atoms with van der Waals surface area (Å²) in [5, 5.41) is 3.15. The van der Waals surface area contributed by atoms with Gasteiger partial charge in [-0.05, 0) is 24.6 Å². The van der Waals surface area contributed by atoms with E-state index >= 15 is 0 Å². The number of rotatable bonds is 1. The highest BCUT2D eigenvalue weighted by molar-refractivity contribution is 6.33. The van der Waals surface area contributed by atoms with Crippen LogP contribution in [0.3, 0.4) is 0 Å². The molecule has 1 aromatic rings. The lowest BCUT2D eigenvalue weighted by atomic mass is 10.2. The first-order valence-electron chi connectivity index (χ1n) is 2.97. The molecule has 10 heavy (non-hydrogen) atoms. The van der Waals surface area contributed by atoms with Gasteiger partial charge >= 0.3 is 0 Å². The van der Waals surface area contributed by atoms with Crippen LogP contribution in [-0.4, -0.2) is 0 Å². The smallest absolute Gasteiger partial charge is 0.0705 e. The second-order valence-corrected chi connectivity index (χ2v) is 2.53. The average molecular weight is 154 g/mol. The molecule has 0 fully saturated rings. The Balaban J connectivity index is 3.09. The Morgan fingerprint density at radius 2 is 2.20 bits per heavy atom. The van der Waals surface area contributed by atoms with Crippen molar-refractivity contribution in [3.8, 4) is 0 Å². The molecule has 0 unspecified atom stereocenters. The molecule has 52 valence electrons. The third-order valence-corrected chi connectivity index (χ3v) is 1.61. The molecule has 1 nitrogen and oxygen atoms in total. The van der Waals surface area contributed by atoms with Crippen molar-refractivity contribution < 1.29 is 0 Å². The Morgan fingerprint density at radius 3 is 2.70 bits per heavy atom. The van der Waals surface area contributed by atoms with Crippen LogP contribution in [0.1, 0.15) is 5.56 Å². The first-order chi connectivity index (χ1) is 4.74. The summed E-state index contributed by atoms with van der Waals surface area (Å²) in [5.74, 6) is 0. The Labute approximate surface area is 66.0 Å². The van der Waals surface area contributed by atoms with Crippen LogP contribution in [0.4, 0.5) is 5.69 Å². The summed E-state index contributed by atoms with van der Waals surface area (Å²) in [5.41, 5.74) is 1.90. The first-order valence-corrected chi connectivity index (χ1v) is 3.34. The quantitative estimate of drug-likeness (QED) is 0.612. The lowest BCUT2D eigenvalue weighted by molar-refractivity contribution is 1.45. The molecule has 0 saturated carbocycles. The maximum atomic E-state index is 5.75. The molecular formula is C8H8ClN. The van der Waals surface area contributed by atoms with Crippen LogP contribution in [0.15, 0.2) is 18.2 Å². The highest BCUT2D eigenvalue weighted by atomic mass is 35.5. The van der Waals surface area contributed by atoms with Crippen LogP contribution in [0, 0.1) is 14.0 Å². The van der Waals surface area contributed by atoms with E-state index in [1.54, 1.807) is 0 Å². The molecule has 0 aromatic heterocycles. The van der Waals surface area contributed by atoms with Crippen LogP contribution in [0.5, 0.6) is 0 Å². The second-order valence-electron chi connectivity index (χ2n) is 2.13. The van der Waals surface area contributed by atoms with Crippen LogP contribution in [-0.2, 0) is 0 Å². The van der Waals surface area contributed by atoms with E-state index < -0.39 is 0 Å². The van der Waals surface area contributed by atoms with E-state index in [-0.39, 0.29) is 0 Å². The molecule has 0 aliphatic heterocycles. The standard InChI is InChI=1S/C8H8ClN/c1-6-3-4-7(9)8(5-6)10-2/h2-5,10H,1H3. The zero-order valence-electron chi connectivity index (χ0n) is 5.69. The summed E-state index contributed by atoms with van der Waals surface area (Å²) in [6, 6.07) is 5.64. The molecule has 0 saturated heterocycles. The molecule has 0 aliphatic rings. The predicted molar refractivity (Wildman–Crippen MR) is 44.1 cm³/mol. The summed E-state index contributed by atoms with van der Waals surface area (Å²) < 4.78 is 0. The maximum absolute atomic E-state index is 5.75. The van der Waals surface area contributed by atoms with E-state index in [2.05, 4.69) is 5.32 Å². The lowest BCUT2D eigenvalue weighted by Gasteiger charge is -2.02. The number of halogens is 1. The fourth-order valence-corrected chi connectivity index (χ4v) is 0.922. The minimum atomic E-state index is 0.646. The molecule has 0 aliphatic carbocycles. The normalized spacial score (nSPS) is 9.50. The van der Waals surface area contributed by atoms with Crippen molar-refractivity contribution in [3.63, 3.8) is 0 Å². The number of hydrogen-bond acceptors (Lipinski definition) is 1. The van der Waals surface area contributed by atoms with E-state index in [0.717, 1.165) is 11.3 Å². The Kier molecular flexibility index (Phi) is 2.17. The van der Waals surface area contributed by atoms with Gasteiger partial charge in [0.1, 0.15) is 0 Å². The van der Waals surface area contributed by atoms with Crippen molar-refractivity contribution in [3.05, 3.63) is 35.8 Å². The first kappa shape index (κ1) is 7.42. The summed E-state index contributed by atoms with van der Waals surface area (Å²) in [4.78, 5) is 0. The van der Waals surface area contributed by atoms with Gasteiger partial charge in [-0.25, -0.2) is 0 Å². The van der Waals surface area contributed by atoms with Crippen LogP contribution in [0.2, 0.25) is 5.02 Å². The van der Waals surface area contributed by atoms with Gasteiger partial charge in [0.05, 0.1) is 17.8 Å². The zero-order chi connectivity index (χ0) is 7.56. The highest BCUT2D eigenvalue weighted by Gasteiger charge is 1.95. The Bertz CT molecular complexity index is 233. The summed E-state index contributed by atoms with van der Waals surface area (Å²) in [6.07, 6.45) is 0. The number of anilines is 1. The van der Waals surface area contributed by atoms with Gasteiger partial charge in [-0.1, -0.05) is 17.7 Å². The molecule has 2 heteroatoms. The zero-order valence-corrected chi connectivity index (χ0v) is 6.44. The predicted octanol–water partition coefficient (Wildman–Crippen LogP) is 2.73. The Morgan fingerprint density at radius 1 is 1.50 bits per heavy atom. The molecule has 0 atom stereocenters. The van der Waals surface area contributed by atoms with E-state index in [9.17, 15) is 0 Å². The van der Waals surface area contributed by atoms with Crippen molar-refractivity contribution in [1.82, 2.24) is 0 Å². The molecule has 0 spiro atoms. The van der Waals surface area contributed by atoms with Gasteiger partial charge in [0, 0.05) is 0 Å². The van der Waals surface area contributed by atoms with Crippen LogP contribution < -0.4 is 5.32 Å². The largest absolute Gasteiger partial charge is 0.377 e. The third-order valence-electron chi connectivity index (χ3n) is 1.28. The molecule has 0 bridgehead atoms. The summed E-state index contributed by atoms with van der Waals surface area (Å²) >= 11 is 5.75. The SMILES string of the molecule is [CH]Nc1cc(C)ccc1Cl. The van der Waals surface area contributed by atoms with Crippen LogP contribution >= 0.6 is 11.6 Å². The minimum Gasteiger partial charge on any atom is -0.377 e. The molecule has 1 N–H and O–H groups in total. The van der Waals surface area contributed by atoms with Gasteiger partial charge in [-0.3, -0.25) is 0 Å². The van der Waals surface area contributed by atoms with Crippen molar-refractivity contribution in [1.29, 1.82) is 0 Å². The molecular weight excluding hydrogens is 146 g/mol.